The topological polar surface area (TPSA) is 83.3 Å². The summed E-state index contributed by atoms with van der Waals surface area (Å²) in [6.45, 7) is 2.42. The van der Waals surface area contributed by atoms with Crippen LogP contribution in [0.15, 0.2) is 48.5 Å². The van der Waals surface area contributed by atoms with Crippen molar-refractivity contribution in [3.63, 3.8) is 0 Å². The van der Waals surface area contributed by atoms with Crippen LogP contribution in [0.25, 0.3) is 0 Å². The van der Waals surface area contributed by atoms with Crippen molar-refractivity contribution in [2.24, 2.45) is 0 Å². The molecule has 190 valence electrons. The summed E-state index contributed by atoms with van der Waals surface area (Å²) >= 11 is 6.00. The van der Waals surface area contributed by atoms with Crippen molar-refractivity contribution in [2.45, 2.75) is 56.6 Å². The third-order valence-electron chi connectivity index (χ3n) is 6.92. The number of rotatable bonds is 5. The Kier molecular flexibility index (Phi) is 6.20. The van der Waals surface area contributed by atoms with E-state index >= 15 is 0 Å². The Labute approximate surface area is 210 Å². The lowest BCUT2D eigenvalue weighted by Crippen LogP contribution is -2.45. The number of nitrogens with zero attached hydrogens (tertiary/aromatic N) is 4. The molecule has 1 saturated carbocycles. The van der Waals surface area contributed by atoms with Crippen molar-refractivity contribution in [1.82, 2.24) is 25.0 Å². The maximum absolute atomic E-state index is 13.4. The molecule has 1 unspecified atom stereocenters. The van der Waals surface area contributed by atoms with Gasteiger partial charge in [-0.05, 0) is 55.2 Å². The number of nitrogens with one attached hydrogen (secondary N) is 1. The van der Waals surface area contributed by atoms with Crippen molar-refractivity contribution in [3.05, 3.63) is 81.9 Å². The van der Waals surface area contributed by atoms with Gasteiger partial charge in [0.05, 0.1) is 29.8 Å². The summed E-state index contributed by atoms with van der Waals surface area (Å²) in [7, 11) is 0. The van der Waals surface area contributed by atoms with E-state index in [1.54, 1.807) is 12.1 Å². The number of urea groups is 1. The van der Waals surface area contributed by atoms with Crippen LogP contribution in [0.2, 0.25) is 5.02 Å². The van der Waals surface area contributed by atoms with Gasteiger partial charge in [-0.2, -0.15) is 13.2 Å². The van der Waals surface area contributed by atoms with Gasteiger partial charge in [0.2, 0.25) is 0 Å². The van der Waals surface area contributed by atoms with Crippen LogP contribution in [-0.2, 0) is 18.3 Å². The van der Waals surface area contributed by atoms with Crippen LogP contribution in [0.5, 0.6) is 0 Å². The van der Waals surface area contributed by atoms with Crippen LogP contribution < -0.4 is 5.32 Å². The fraction of sp³-hybridized carbons (Fsp3) is 0.400. The molecule has 1 aliphatic heterocycles. The number of aryl methyl sites for hydroxylation is 1. The summed E-state index contributed by atoms with van der Waals surface area (Å²) in [5, 5.41) is 22.6. The molecule has 5 rings (SSSR count). The minimum Gasteiger partial charge on any atom is -0.391 e. The van der Waals surface area contributed by atoms with Gasteiger partial charge in [-0.15, -0.1) is 10.2 Å². The first-order valence-electron chi connectivity index (χ1n) is 11.6. The van der Waals surface area contributed by atoms with Crippen LogP contribution in [0, 0.1) is 6.92 Å². The summed E-state index contributed by atoms with van der Waals surface area (Å²) in [6, 6.07) is 11.4. The molecule has 7 nitrogen and oxygen atoms in total. The molecular weight excluding hydrogens is 495 g/mol. The molecule has 0 bridgehead atoms. The molecule has 2 amide bonds. The Morgan fingerprint density at radius 3 is 2.42 bits per heavy atom. The van der Waals surface area contributed by atoms with Crippen LogP contribution in [0.3, 0.4) is 0 Å². The van der Waals surface area contributed by atoms with E-state index in [1.165, 1.54) is 17.0 Å². The number of amides is 2. The zero-order valence-electron chi connectivity index (χ0n) is 19.5. The number of alkyl halides is 3. The molecule has 1 aromatic heterocycles. The predicted molar refractivity (Wildman–Crippen MR) is 126 cm³/mol. The lowest BCUT2D eigenvalue weighted by molar-refractivity contribution is -0.137. The molecule has 3 aromatic rings. The largest absolute Gasteiger partial charge is 0.416 e. The molecule has 2 N–H and O–H groups in total. The van der Waals surface area contributed by atoms with Crippen LogP contribution in [0.1, 0.15) is 53.6 Å². The van der Waals surface area contributed by atoms with Crippen LogP contribution >= 0.6 is 11.6 Å². The summed E-state index contributed by atoms with van der Waals surface area (Å²) < 4.78 is 40.8. The Morgan fingerprint density at radius 2 is 1.81 bits per heavy atom. The molecule has 1 aliphatic carbocycles. The highest BCUT2D eigenvalue weighted by atomic mass is 35.5. The number of hydrogen-bond donors (Lipinski definition) is 2. The summed E-state index contributed by atoms with van der Waals surface area (Å²) in [4.78, 5) is 14.9. The van der Waals surface area contributed by atoms with Gasteiger partial charge in [-0.25, -0.2) is 4.79 Å². The summed E-state index contributed by atoms with van der Waals surface area (Å²) in [6.07, 6.45) is -3.60. The second-order valence-corrected chi connectivity index (χ2v) is 9.90. The molecular formula is C25H25ClF3N5O2. The van der Waals surface area contributed by atoms with E-state index in [1.807, 2.05) is 23.6 Å². The van der Waals surface area contributed by atoms with E-state index in [0.717, 1.165) is 17.7 Å². The van der Waals surface area contributed by atoms with Crippen molar-refractivity contribution >= 4 is 17.6 Å². The Morgan fingerprint density at radius 1 is 1.14 bits per heavy atom. The minimum absolute atomic E-state index is 0.118. The highest BCUT2D eigenvalue weighted by Crippen LogP contribution is 2.46. The van der Waals surface area contributed by atoms with Gasteiger partial charge in [0.15, 0.2) is 5.82 Å². The molecule has 0 spiro atoms. The first-order valence-corrected chi connectivity index (χ1v) is 12.0. The van der Waals surface area contributed by atoms with Gasteiger partial charge in [-0.3, -0.25) is 0 Å². The monoisotopic (exact) mass is 519 g/mol. The number of hydrogen-bond acceptors (Lipinski definition) is 4. The summed E-state index contributed by atoms with van der Waals surface area (Å²) in [5.41, 5.74) is 0.164. The molecule has 2 atom stereocenters. The maximum Gasteiger partial charge on any atom is 0.416 e. The van der Waals surface area contributed by atoms with E-state index in [9.17, 15) is 23.1 Å². The number of benzene rings is 2. The first kappa shape index (κ1) is 24.6. The van der Waals surface area contributed by atoms with E-state index < -0.39 is 35.5 Å². The second-order valence-electron chi connectivity index (χ2n) is 9.46. The smallest absolute Gasteiger partial charge is 0.391 e. The molecule has 2 aromatic carbocycles. The van der Waals surface area contributed by atoms with Crippen LogP contribution in [0.4, 0.5) is 18.0 Å². The number of aliphatic hydroxyl groups excluding tert-OH is 1. The lowest BCUT2D eigenvalue weighted by atomic mass is 10.0. The SMILES string of the molecule is Cc1nnc(C2C[C@H](O)CN2C(=O)NC2(c3ccc(C(F)(F)F)cc3)CC2)n1Cc1ccc(Cl)cc1. The highest BCUT2D eigenvalue weighted by Gasteiger charge is 2.48. The van der Waals surface area contributed by atoms with Crippen LogP contribution in [-0.4, -0.2) is 43.5 Å². The number of halogens is 4. The zero-order valence-corrected chi connectivity index (χ0v) is 20.2. The maximum atomic E-state index is 13.4. The average Bonchev–Trinajstić information content (AvgIpc) is 3.38. The lowest BCUT2D eigenvalue weighted by Gasteiger charge is -2.28. The number of likely N-dealkylation sites (tertiary alicyclic amines) is 1. The summed E-state index contributed by atoms with van der Waals surface area (Å²) in [5.74, 6) is 1.23. The van der Waals surface area contributed by atoms with Gasteiger partial charge in [0, 0.05) is 18.0 Å². The van der Waals surface area contributed by atoms with Crippen molar-refractivity contribution in [3.8, 4) is 0 Å². The Bertz CT molecular complexity index is 1260. The van der Waals surface area contributed by atoms with Crippen molar-refractivity contribution in [1.29, 1.82) is 0 Å². The third kappa shape index (κ3) is 4.79. The average molecular weight is 520 g/mol. The molecule has 11 heteroatoms. The second kappa shape index (κ2) is 9.08. The Balaban J connectivity index is 1.36. The Hall–Kier alpha value is -3.11. The predicted octanol–water partition coefficient (Wildman–Crippen LogP) is 4.81. The fourth-order valence-electron chi connectivity index (χ4n) is 4.76. The normalized spacial score (nSPS) is 21.0. The van der Waals surface area contributed by atoms with Gasteiger partial charge in [0.25, 0.3) is 0 Å². The minimum atomic E-state index is -4.42. The van der Waals surface area contributed by atoms with E-state index in [2.05, 4.69) is 15.5 Å². The number of carbonyl (C=O) groups excluding carboxylic acids is 1. The zero-order chi connectivity index (χ0) is 25.7. The van der Waals surface area contributed by atoms with Gasteiger partial charge in [-0.1, -0.05) is 35.9 Å². The fourth-order valence-corrected chi connectivity index (χ4v) is 4.89. The molecule has 1 saturated heterocycles. The number of aromatic nitrogens is 3. The molecule has 0 radical (unpaired) electrons. The number of β-amino-alcohol motifs (C(OH)–C–C–N with tert-alkyl or cyclic N) is 1. The number of carbonyl (C=O) groups is 1. The molecule has 2 heterocycles. The molecule has 2 fully saturated rings. The first-order chi connectivity index (χ1) is 17.1. The van der Waals surface area contributed by atoms with Crippen molar-refractivity contribution in [2.75, 3.05) is 6.54 Å². The standard InChI is InChI=1S/C25H25ClF3N5O2/c1-15-31-32-22(33(15)13-16-2-8-19(26)9-3-16)21-12-20(35)14-34(21)23(36)30-24(10-11-24)17-4-6-18(7-5-17)25(27,28)29/h2-9,20-21,35H,10-14H2,1H3,(H,30,36)/t20-,21?/m0/s1. The quantitative estimate of drug-likeness (QED) is 0.506. The van der Waals surface area contributed by atoms with E-state index in [-0.39, 0.29) is 6.54 Å². The van der Waals surface area contributed by atoms with Gasteiger partial charge in [0.1, 0.15) is 5.82 Å². The third-order valence-corrected chi connectivity index (χ3v) is 7.17. The van der Waals surface area contributed by atoms with E-state index in [4.69, 9.17) is 11.6 Å². The molecule has 36 heavy (non-hydrogen) atoms. The molecule has 2 aliphatic rings. The van der Waals surface area contributed by atoms with Gasteiger partial charge < -0.3 is 19.9 Å². The van der Waals surface area contributed by atoms with E-state index in [0.29, 0.717) is 48.0 Å². The van der Waals surface area contributed by atoms with Gasteiger partial charge >= 0.3 is 12.2 Å². The van der Waals surface area contributed by atoms with Crippen molar-refractivity contribution < 1.29 is 23.1 Å². The number of aliphatic hydroxyl groups is 1. The highest BCUT2D eigenvalue weighted by molar-refractivity contribution is 6.30.